The first-order valence-corrected chi connectivity index (χ1v) is 5.20. The van der Waals surface area contributed by atoms with Gasteiger partial charge in [-0.05, 0) is 30.5 Å². The van der Waals surface area contributed by atoms with Crippen LogP contribution in [0.25, 0.3) is 0 Å². The molecule has 0 bridgehead atoms. The lowest BCUT2D eigenvalue weighted by molar-refractivity contribution is 0.559. The topological polar surface area (TPSA) is 86.8 Å². The van der Waals surface area contributed by atoms with Crippen molar-refractivity contribution in [3.63, 3.8) is 0 Å². The van der Waals surface area contributed by atoms with Gasteiger partial charge in [-0.15, -0.1) is 5.11 Å². The number of rotatable bonds is 4. The first-order valence-electron chi connectivity index (χ1n) is 5.20. The number of nitrogens with zero attached hydrogens (tertiary/aromatic N) is 2. The molecule has 0 saturated heterocycles. The first kappa shape index (κ1) is 11.2. The van der Waals surface area contributed by atoms with Crippen molar-refractivity contribution >= 4 is 5.69 Å². The van der Waals surface area contributed by atoms with E-state index in [1.165, 1.54) is 0 Å². The number of hydrogen-bond acceptors (Lipinski definition) is 5. The molecule has 0 fully saturated rings. The van der Waals surface area contributed by atoms with Gasteiger partial charge in [-0.1, -0.05) is 23.4 Å². The van der Waals surface area contributed by atoms with E-state index in [0.29, 0.717) is 5.70 Å². The Bertz CT molecular complexity index is 437. The van der Waals surface area contributed by atoms with Gasteiger partial charge in [0.25, 0.3) is 0 Å². The molecule has 6 heteroatoms. The van der Waals surface area contributed by atoms with E-state index < -0.39 is 0 Å². The minimum Gasteiger partial charge on any atom is -0.369 e. The lowest BCUT2D eigenvalue weighted by Crippen LogP contribution is -2.44. The SMILES string of the molecule is NN=NC1=CC=CNC1NNc1ccccc1. The van der Waals surface area contributed by atoms with Gasteiger partial charge in [-0.25, -0.2) is 5.43 Å². The molecule has 6 nitrogen and oxygen atoms in total. The quantitative estimate of drug-likeness (QED) is 0.356. The second kappa shape index (κ2) is 5.66. The Kier molecular flexibility index (Phi) is 3.72. The molecule has 0 saturated carbocycles. The van der Waals surface area contributed by atoms with E-state index in [-0.39, 0.29) is 6.17 Å². The Morgan fingerprint density at radius 2 is 2.06 bits per heavy atom. The number of allylic oxidation sites excluding steroid dienone is 2. The molecule has 1 atom stereocenters. The number of anilines is 1. The van der Waals surface area contributed by atoms with Gasteiger partial charge < -0.3 is 16.6 Å². The summed E-state index contributed by atoms with van der Waals surface area (Å²) in [5, 5.41) is 10.2. The van der Waals surface area contributed by atoms with Gasteiger partial charge >= 0.3 is 0 Å². The predicted molar refractivity (Wildman–Crippen MR) is 66.4 cm³/mol. The lowest BCUT2D eigenvalue weighted by Gasteiger charge is -2.21. The van der Waals surface area contributed by atoms with E-state index in [1.807, 2.05) is 48.7 Å². The fourth-order valence-corrected chi connectivity index (χ4v) is 1.43. The lowest BCUT2D eigenvalue weighted by atomic mass is 10.3. The first-order chi connectivity index (χ1) is 8.40. The van der Waals surface area contributed by atoms with Crippen LogP contribution in [0.5, 0.6) is 0 Å². The Morgan fingerprint density at radius 1 is 1.24 bits per heavy atom. The average molecular weight is 230 g/mol. The van der Waals surface area contributed by atoms with Gasteiger partial charge in [0.05, 0.1) is 0 Å². The summed E-state index contributed by atoms with van der Waals surface area (Å²) in [6.07, 6.45) is 5.31. The number of hydrazine groups is 1. The molecule has 1 aromatic carbocycles. The van der Waals surface area contributed by atoms with Gasteiger partial charge in [0.1, 0.15) is 11.9 Å². The maximum absolute atomic E-state index is 5.05. The van der Waals surface area contributed by atoms with Gasteiger partial charge in [-0.2, -0.15) is 0 Å². The zero-order valence-electron chi connectivity index (χ0n) is 9.17. The molecule has 17 heavy (non-hydrogen) atoms. The fraction of sp³-hybridized carbons (Fsp3) is 0.0909. The van der Waals surface area contributed by atoms with Gasteiger partial charge in [0, 0.05) is 5.69 Å². The van der Waals surface area contributed by atoms with Crippen LogP contribution in [-0.4, -0.2) is 6.17 Å². The molecule has 1 aliphatic heterocycles. The van der Waals surface area contributed by atoms with Crippen LogP contribution in [-0.2, 0) is 0 Å². The van der Waals surface area contributed by atoms with Crippen LogP contribution >= 0.6 is 0 Å². The van der Waals surface area contributed by atoms with Crippen LogP contribution in [0.15, 0.2) is 64.7 Å². The summed E-state index contributed by atoms with van der Waals surface area (Å²) < 4.78 is 0. The highest BCUT2D eigenvalue weighted by Crippen LogP contribution is 2.08. The number of nitrogens with two attached hydrogens (primary N) is 1. The summed E-state index contributed by atoms with van der Waals surface area (Å²) in [6, 6.07) is 9.78. The highest BCUT2D eigenvalue weighted by molar-refractivity contribution is 5.41. The van der Waals surface area contributed by atoms with E-state index in [1.54, 1.807) is 0 Å². The third-order valence-corrected chi connectivity index (χ3v) is 2.23. The summed E-state index contributed by atoms with van der Waals surface area (Å²) in [5.74, 6) is 5.05. The molecule has 1 aliphatic rings. The molecule has 0 aliphatic carbocycles. The Labute approximate surface area is 99.2 Å². The van der Waals surface area contributed by atoms with Crippen LogP contribution in [0.2, 0.25) is 0 Å². The predicted octanol–water partition coefficient (Wildman–Crippen LogP) is 1.26. The largest absolute Gasteiger partial charge is 0.369 e. The summed E-state index contributed by atoms with van der Waals surface area (Å²) in [6.45, 7) is 0. The highest BCUT2D eigenvalue weighted by atomic mass is 15.4. The van der Waals surface area contributed by atoms with Gasteiger partial charge in [0.2, 0.25) is 0 Å². The van der Waals surface area contributed by atoms with Crippen LogP contribution in [0, 0.1) is 0 Å². The highest BCUT2D eigenvalue weighted by Gasteiger charge is 2.13. The molecular formula is C11H14N6. The van der Waals surface area contributed by atoms with E-state index in [9.17, 15) is 0 Å². The number of nitrogens with one attached hydrogen (secondary N) is 3. The molecule has 0 radical (unpaired) electrons. The second-order valence-electron chi connectivity index (χ2n) is 3.40. The van der Waals surface area contributed by atoms with E-state index in [4.69, 9.17) is 5.84 Å². The van der Waals surface area contributed by atoms with Crippen molar-refractivity contribution < 1.29 is 0 Å². The average Bonchev–Trinajstić information content (AvgIpc) is 2.39. The standard InChI is InChI=1S/C11H14N6/c12-17-15-10-7-4-8-13-11(10)16-14-9-5-2-1-3-6-9/h1-8,11,13-14,16H,(H2,12,15). The smallest absolute Gasteiger partial charge is 0.139 e. The van der Waals surface area contributed by atoms with Crippen LogP contribution < -0.4 is 22.0 Å². The number of benzene rings is 1. The summed E-state index contributed by atoms with van der Waals surface area (Å²) in [5.41, 5.74) is 7.83. The van der Waals surface area contributed by atoms with Crippen LogP contribution in [0.1, 0.15) is 0 Å². The Balaban J connectivity index is 1.95. The Morgan fingerprint density at radius 3 is 2.82 bits per heavy atom. The van der Waals surface area contributed by atoms with Crippen molar-refractivity contribution in [2.75, 3.05) is 5.43 Å². The molecule has 5 N–H and O–H groups in total. The zero-order valence-corrected chi connectivity index (χ0v) is 9.17. The minimum atomic E-state index is -0.174. The molecule has 2 rings (SSSR count). The molecule has 1 heterocycles. The number of hydrogen-bond donors (Lipinski definition) is 4. The van der Waals surface area contributed by atoms with Gasteiger partial charge in [0.15, 0.2) is 0 Å². The van der Waals surface area contributed by atoms with E-state index >= 15 is 0 Å². The molecule has 0 spiro atoms. The van der Waals surface area contributed by atoms with Crippen molar-refractivity contribution in [2.45, 2.75) is 6.17 Å². The monoisotopic (exact) mass is 230 g/mol. The van der Waals surface area contributed by atoms with E-state index in [0.717, 1.165) is 5.69 Å². The van der Waals surface area contributed by atoms with Crippen molar-refractivity contribution in [2.24, 2.45) is 16.2 Å². The molecule has 1 aromatic rings. The minimum absolute atomic E-state index is 0.174. The maximum atomic E-state index is 5.05. The summed E-state index contributed by atoms with van der Waals surface area (Å²) in [4.78, 5) is 0. The zero-order chi connectivity index (χ0) is 11.9. The van der Waals surface area contributed by atoms with Gasteiger partial charge in [-0.3, -0.25) is 0 Å². The normalized spacial score (nSPS) is 18.8. The number of dihydropyridines is 1. The van der Waals surface area contributed by atoms with Crippen molar-refractivity contribution in [3.05, 3.63) is 54.4 Å². The van der Waals surface area contributed by atoms with Crippen LogP contribution in [0.3, 0.4) is 0 Å². The molecule has 0 aromatic heterocycles. The molecule has 1 unspecified atom stereocenters. The third-order valence-electron chi connectivity index (χ3n) is 2.23. The molecule has 0 amide bonds. The maximum Gasteiger partial charge on any atom is 0.139 e. The van der Waals surface area contributed by atoms with Crippen molar-refractivity contribution in [1.29, 1.82) is 0 Å². The summed E-state index contributed by atoms with van der Waals surface area (Å²) >= 11 is 0. The third kappa shape index (κ3) is 3.05. The Hall–Kier alpha value is -2.34. The summed E-state index contributed by atoms with van der Waals surface area (Å²) in [7, 11) is 0. The van der Waals surface area contributed by atoms with Crippen molar-refractivity contribution in [1.82, 2.24) is 10.7 Å². The van der Waals surface area contributed by atoms with Crippen LogP contribution in [0.4, 0.5) is 5.69 Å². The molecular weight excluding hydrogens is 216 g/mol. The number of para-hydroxylation sites is 1. The fourth-order valence-electron chi connectivity index (χ4n) is 1.43. The second-order valence-corrected chi connectivity index (χ2v) is 3.40. The van der Waals surface area contributed by atoms with Crippen molar-refractivity contribution in [3.8, 4) is 0 Å². The van der Waals surface area contributed by atoms with E-state index in [2.05, 4.69) is 26.5 Å². The molecule has 88 valence electrons.